The van der Waals surface area contributed by atoms with Crippen molar-refractivity contribution in [2.75, 3.05) is 0 Å². The predicted octanol–water partition coefficient (Wildman–Crippen LogP) is 8.28. The highest BCUT2D eigenvalue weighted by Gasteiger charge is 1.96. The Balaban J connectivity index is 1.50. The molecule has 2 aromatic carbocycles. The van der Waals surface area contributed by atoms with Crippen LogP contribution in [0.2, 0.25) is 0 Å². The number of rotatable bonds is 12. The Morgan fingerprint density at radius 2 is 1.19 bits per heavy atom. The monoisotopic (exact) mass is 348 g/mol. The summed E-state index contributed by atoms with van der Waals surface area (Å²) in [6, 6.07) is 14.9. The van der Waals surface area contributed by atoms with Gasteiger partial charge in [0.05, 0.1) is 0 Å². The molecule has 0 spiro atoms. The highest BCUT2D eigenvalue weighted by Crippen LogP contribution is 2.17. The Morgan fingerprint density at radius 1 is 0.615 bits per heavy atom. The Morgan fingerprint density at radius 3 is 1.88 bits per heavy atom. The summed E-state index contributed by atoms with van der Waals surface area (Å²) in [5.41, 5.74) is 1.17. The first-order valence-corrected chi connectivity index (χ1v) is 10.9. The van der Waals surface area contributed by atoms with Crippen LogP contribution in [0.25, 0.3) is 10.8 Å². The molecule has 26 heavy (non-hydrogen) atoms. The van der Waals surface area contributed by atoms with Crippen molar-refractivity contribution in [3.8, 4) is 11.8 Å². The molecular formula is C26H36. The van der Waals surface area contributed by atoms with Gasteiger partial charge in [-0.1, -0.05) is 126 Å². The van der Waals surface area contributed by atoms with Crippen molar-refractivity contribution in [1.29, 1.82) is 0 Å². The van der Waals surface area contributed by atoms with Gasteiger partial charge in [-0.05, 0) is 23.3 Å². The van der Waals surface area contributed by atoms with Gasteiger partial charge in [-0.2, -0.15) is 0 Å². The minimum atomic E-state index is 1.03. The molecule has 0 heterocycles. The second-order valence-electron chi connectivity index (χ2n) is 7.47. The number of unbranched alkanes of at least 4 members (excludes halogenated alkanes) is 12. The minimum Gasteiger partial charge on any atom is -0.0979 e. The van der Waals surface area contributed by atoms with Crippen molar-refractivity contribution in [2.45, 2.75) is 90.4 Å². The first kappa shape index (κ1) is 20.6. The Labute approximate surface area is 161 Å². The van der Waals surface area contributed by atoms with Crippen molar-refractivity contribution < 1.29 is 0 Å². The van der Waals surface area contributed by atoms with Crippen LogP contribution in [0, 0.1) is 11.8 Å². The second-order valence-corrected chi connectivity index (χ2v) is 7.47. The van der Waals surface area contributed by atoms with Crippen molar-refractivity contribution in [2.24, 2.45) is 0 Å². The fourth-order valence-electron chi connectivity index (χ4n) is 3.55. The van der Waals surface area contributed by atoms with E-state index in [1.165, 1.54) is 93.4 Å². The number of hydrogen-bond donors (Lipinski definition) is 0. The first-order valence-electron chi connectivity index (χ1n) is 10.9. The SMILES string of the molecule is CCCCCCCCCCCCCCC#Cc1cccc2ccccc12. The molecule has 0 N–H and O–H groups in total. The van der Waals surface area contributed by atoms with Gasteiger partial charge in [0.25, 0.3) is 0 Å². The molecule has 0 aliphatic heterocycles. The lowest BCUT2D eigenvalue weighted by Gasteiger charge is -2.02. The minimum absolute atomic E-state index is 1.03. The van der Waals surface area contributed by atoms with Crippen LogP contribution in [0.5, 0.6) is 0 Å². The molecule has 0 saturated carbocycles. The van der Waals surface area contributed by atoms with E-state index in [1.807, 2.05) is 0 Å². The molecule has 0 unspecified atom stereocenters. The molecule has 0 saturated heterocycles. The summed E-state index contributed by atoms with van der Waals surface area (Å²) in [4.78, 5) is 0. The summed E-state index contributed by atoms with van der Waals surface area (Å²) in [5.74, 6) is 6.76. The number of fused-ring (bicyclic) bond motifs is 1. The first-order chi connectivity index (χ1) is 12.9. The van der Waals surface area contributed by atoms with Gasteiger partial charge in [0, 0.05) is 12.0 Å². The predicted molar refractivity (Wildman–Crippen MR) is 117 cm³/mol. The van der Waals surface area contributed by atoms with E-state index in [0.29, 0.717) is 0 Å². The van der Waals surface area contributed by atoms with E-state index in [0.717, 1.165) is 6.42 Å². The van der Waals surface area contributed by atoms with Crippen LogP contribution in [0.4, 0.5) is 0 Å². The number of benzene rings is 2. The second kappa shape index (κ2) is 13.5. The Bertz CT molecular complexity index is 666. The van der Waals surface area contributed by atoms with Crippen molar-refractivity contribution in [3.05, 3.63) is 48.0 Å². The molecule has 0 atom stereocenters. The van der Waals surface area contributed by atoms with Gasteiger partial charge in [0.15, 0.2) is 0 Å². The standard InChI is InChI=1S/C26H36/c1-2-3-4-5-6-7-8-9-10-11-12-13-14-15-19-24-21-18-22-25-20-16-17-23-26(24)25/h16-18,20-23H,2-14H2,1H3. The van der Waals surface area contributed by atoms with Gasteiger partial charge in [-0.3, -0.25) is 0 Å². The van der Waals surface area contributed by atoms with E-state index >= 15 is 0 Å². The van der Waals surface area contributed by atoms with Gasteiger partial charge >= 0.3 is 0 Å². The smallest absolute Gasteiger partial charge is 0.0323 e. The molecule has 2 rings (SSSR count). The van der Waals surface area contributed by atoms with E-state index in [9.17, 15) is 0 Å². The van der Waals surface area contributed by atoms with Crippen molar-refractivity contribution in [1.82, 2.24) is 0 Å². The van der Waals surface area contributed by atoms with Crippen LogP contribution in [0.15, 0.2) is 42.5 Å². The molecule has 0 bridgehead atoms. The fraction of sp³-hybridized carbons (Fsp3) is 0.538. The lowest BCUT2D eigenvalue weighted by molar-refractivity contribution is 0.545. The third-order valence-electron chi connectivity index (χ3n) is 5.17. The zero-order chi connectivity index (χ0) is 18.3. The van der Waals surface area contributed by atoms with E-state index in [2.05, 4.69) is 61.2 Å². The molecule has 0 radical (unpaired) electrons. The molecule has 0 nitrogen and oxygen atoms in total. The van der Waals surface area contributed by atoms with Crippen LogP contribution in [-0.4, -0.2) is 0 Å². The summed E-state index contributed by atoms with van der Waals surface area (Å²) < 4.78 is 0. The van der Waals surface area contributed by atoms with E-state index in [4.69, 9.17) is 0 Å². The van der Waals surface area contributed by atoms with Gasteiger partial charge in [0.1, 0.15) is 0 Å². The van der Waals surface area contributed by atoms with E-state index in [1.54, 1.807) is 0 Å². The van der Waals surface area contributed by atoms with Crippen LogP contribution in [-0.2, 0) is 0 Å². The summed E-state index contributed by atoms with van der Waals surface area (Å²) in [5, 5.41) is 2.56. The van der Waals surface area contributed by atoms with E-state index < -0.39 is 0 Å². The molecule has 2 aromatic rings. The maximum absolute atomic E-state index is 3.38. The lowest BCUT2D eigenvalue weighted by Crippen LogP contribution is -1.82. The van der Waals surface area contributed by atoms with Gasteiger partial charge in [-0.25, -0.2) is 0 Å². The van der Waals surface area contributed by atoms with E-state index in [-0.39, 0.29) is 0 Å². The van der Waals surface area contributed by atoms with Crippen LogP contribution >= 0.6 is 0 Å². The summed E-state index contributed by atoms with van der Waals surface area (Å²) in [6.45, 7) is 2.29. The Kier molecular flexibility index (Phi) is 10.7. The molecule has 0 fully saturated rings. The summed E-state index contributed by atoms with van der Waals surface area (Å²) in [7, 11) is 0. The number of hydrogen-bond acceptors (Lipinski definition) is 0. The van der Waals surface area contributed by atoms with Crippen LogP contribution < -0.4 is 0 Å². The van der Waals surface area contributed by atoms with Crippen LogP contribution in [0.3, 0.4) is 0 Å². The zero-order valence-electron chi connectivity index (χ0n) is 16.7. The highest BCUT2D eigenvalue weighted by molar-refractivity contribution is 5.88. The average Bonchev–Trinajstić information content (AvgIpc) is 2.68. The van der Waals surface area contributed by atoms with Crippen LogP contribution in [0.1, 0.15) is 96.0 Å². The average molecular weight is 349 g/mol. The Hall–Kier alpha value is -1.74. The van der Waals surface area contributed by atoms with Gasteiger partial charge < -0.3 is 0 Å². The third kappa shape index (κ3) is 8.09. The molecule has 0 aliphatic rings. The molecule has 0 heteroatoms. The van der Waals surface area contributed by atoms with Gasteiger partial charge in [0.2, 0.25) is 0 Å². The fourth-order valence-corrected chi connectivity index (χ4v) is 3.55. The molecule has 0 amide bonds. The highest BCUT2D eigenvalue weighted by atomic mass is 14.0. The molecular weight excluding hydrogens is 312 g/mol. The van der Waals surface area contributed by atoms with Crippen molar-refractivity contribution >= 4 is 10.8 Å². The normalized spacial score (nSPS) is 10.7. The maximum atomic E-state index is 3.38. The largest absolute Gasteiger partial charge is 0.0979 e. The molecule has 140 valence electrons. The zero-order valence-corrected chi connectivity index (χ0v) is 16.7. The van der Waals surface area contributed by atoms with Crippen molar-refractivity contribution in [3.63, 3.8) is 0 Å². The third-order valence-corrected chi connectivity index (χ3v) is 5.17. The molecule has 0 aromatic heterocycles. The summed E-state index contributed by atoms with van der Waals surface area (Å²) in [6.07, 6.45) is 17.8. The quantitative estimate of drug-likeness (QED) is 0.267. The topological polar surface area (TPSA) is 0 Å². The summed E-state index contributed by atoms with van der Waals surface area (Å²) >= 11 is 0. The van der Waals surface area contributed by atoms with Gasteiger partial charge in [-0.15, -0.1) is 0 Å². The molecule has 0 aliphatic carbocycles. The lowest BCUT2D eigenvalue weighted by atomic mass is 10.0. The maximum Gasteiger partial charge on any atom is 0.0323 e.